The SMILES string of the molecule is CN(C)C1CCCN(C(=O)Nc2ccc(F)cc2F)CC1. The van der Waals surface area contributed by atoms with Gasteiger partial charge in [-0.15, -0.1) is 0 Å². The van der Waals surface area contributed by atoms with Crippen LogP contribution in [0, 0.1) is 11.6 Å². The fraction of sp³-hybridized carbons (Fsp3) is 0.533. The first-order valence-electron chi connectivity index (χ1n) is 7.15. The molecule has 0 aromatic heterocycles. The predicted octanol–water partition coefficient (Wildman–Crippen LogP) is 2.91. The Morgan fingerprint density at radius 2 is 2.05 bits per heavy atom. The first kappa shape index (κ1) is 15.7. The van der Waals surface area contributed by atoms with Crippen molar-refractivity contribution in [3.8, 4) is 0 Å². The van der Waals surface area contributed by atoms with Crippen molar-refractivity contribution < 1.29 is 13.6 Å². The number of anilines is 1. The van der Waals surface area contributed by atoms with E-state index in [1.54, 1.807) is 4.90 Å². The van der Waals surface area contributed by atoms with Crippen LogP contribution in [0.25, 0.3) is 0 Å². The summed E-state index contributed by atoms with van der Waals surface area (Å²) in [4.78, 5) is 16.0. The number of nitrogens with zero attached hydrogens (tertiary/aromatic N) is 2. The van der Waals surface area contributed by atoms with Crippen LogP contribution < -0.4 is 5.32 Å². The first-order valence-corrected chi connectivity index (χ1v) is 7.15. The summed E-state index contributed by atoms with van der Waals surface area (Å²) in [5.41, 5.74) is 0.00908. The van der Waals surface area contributed by atoms with Gasteiger partial charge >= 0.3 is 6.03 Å². The minimum atomic E-state index is -0.760. The monoisotopic (exact) mass is 297 g/mol. The van der Waals surface area contributed by atoms with E-state index in [1.807, 2.05) is 14.1 Å². The molecule has 1 N–H and O–H groups in total. The molecule has 0 bridgehead atoms. The second-order valence-corrected chi connectivity index (χ2v) is 5.59. The van der Waals surface area contributed by atoms with Gasteiger partial charge in [-0.2, -0.15) is 0 Å². The fourth-order valence-electron chi connectivity index (χ4n) is 2.58. The Morgan fingerprint density at radius 3 is 2.71 bits per heavy atom. The summed E-state index contributed by atoms with van der Waals surface area (Å²) in [6, 6.07) is 3.26. The number of rotatable bonds is 2. The maximum atomic E-state index is 13.5. The van der Waals surface area contributed by atoms with Crippen LogP contribution in [-0.2, 0) is 0 Å². The lowest BCUT2D eigenvalue weighted by Gasteiger charge is -2.23. The standard InChI is InChI=1S/C15H21F2N3O/c1-19(2)12-4-3-8-20(9-7-12)15(21)18-14-6-5-11(16)10-13(14)17/h5-6,10,12H,3-4,7-9H2,1-2H3,(H,18,21). The van der Waals surface area contributed by atoms with Crippen LogP contribution in [0.2, 0.25) is 0 Å². The highest BCUT2D eigenvalue weighted by molar-refractivity contribution is 5.89. The van der Waals surface area contributed by atoms with E-state index in [0.29, 0.717) is 19.1 Å². The lowest BCUT2D eigenvalue weighted by molar-refractivity contribution is 0.210. The van der Waals surface area contributed by atoms with Gasteiger partial charge in [-0.1, -0.05) is 0 Å². The Labute approximate surface area is 123 Å². The van der Waals surface area contributed by atoms with E-state index < -0.39 is 11.6 Å². The van der Waals surface area contributed by atoms with Crippen molar-refractivity contribution in [3.63, 3.8) is 0 Å². The van der Waals surface area contributed by atoms with E-state index in [0.717, 1.165) is 31.4 Å². The van der Waals surface area contributed by atoms with Gasteiger partial charge in [-0.05, 0) is 45.5 Å². The van der Waals surface area contributed by atoms with Gasteiger partial charge in [0.05, 0.1) is 5.69 Å². The molecule has 1 aliphatic heterocycles. The molecule has 116 valence electrons. The lowest BCUT2D eigenvalue weighted by Crippen LogP contribution is -2.37. The van der Waals surface area contributed by atoms with E-state index in [2.05, 4.69) is 10.2 Å². The summed E-state index contributed by atoms with van der Waals surface area (Å²) in [6.45, 7) is 1.29. The van der Waals surface area contributed by atoms with Gasteiger partial charge in [-0.3, -0.25) is 0 Å². The molecule has 0 spiro atoms. The van der Waals surface area contributed by atoms with Crippen LogP contribution in [0.4, 0.5) is 19.3 Å². The largest absolute Gasteiger partial charge is 0.324 e. The molecule has 1 unspecified atom stereocenters. The number of urea groups is 1. The molecule has 4 nitrogen and oxygen atoms in total. The van der Waals surface area contributed by atoms with Crippen molar-refractivity contribution in [1.29, 1.82) is 0 Å². The van der Waals surface area contributed by atoms with Crippen molar-refractivity contribution in [2.24, 2.45) is 0 Å². The van der Waals surface area contributed by atoms with Crippen molar-refractivity contribution >= 4 is 11.7 Å². The Morgan fingerprint density at radius 1 is 1.29 bits per heavy atom. The minimum absolute atomic E-state index is 0.00908. The molecular formula is C15H21F2N3O. The molecule has 1 saturated heterocycles. The zero-order valence-electron chi connectivity index (χ0n) is 12.4. The van der Waals surface area contributed by atoms with Crippen LogP contribution in [0.15, 0.2) is 18.2 Å². The predicted molar refractivity (Wildman–Crippen MR) is 78.3 cm³/mol. The number of carbonyl (C=O) groups excluding carboxylic acids is 1. The van der Waals surface area contributed by atoms with Crippen molar-refractivity contribution in [2.75, 3.05) is 32.5 Å². The molecule has 6 heteroatoms. The highest BCUT2D eigenvalue weighted by Crippen LogP contribution is 2.18. The number of halogens is 2. The van der Waals surface area contributed by atoms with Gasteiger partial charge in [0.2, 0.25) is 0 Å². The summed E-state index contributed by atoms with van der Waals surface area (Å²) in [7, 11) is 4.07. The van der Waals surface area contributed by atoms with Gasteiger partial charge in [-0.25, -0.2) is 13.6 Å². The molecule has 0 radical (unpaired) electrons. The second-order valence-electron chi connectivity index (χ2n) is 5.59. The van der Waals surface area contributed by atoms with E-state index >= 15 is 0 Å². The van der Waals surface area contributed by atoms with Crippen molar-refractivity contribution in [2.45, 2.75) is 25.3 Å². The fourth-order valence-corrected chi connectivity index (χ4v) is 2.58. The molecule has 1 aromatic carbocycles. The molecule has 1 heterocycles. The van der Waals surface area contributed by atoms with Gasteiger partial charge in [0, 0.05) is 25.2 Å². The Bertz CT molecular complexity index is 508. The molecule has 2 rings (SSSR count). The Hall–Kier alpha value is -1.69. The average Bonchev–Trinajstić information content (AvgIpc) is 2.67. The van der Waals surface area contributed by atoms with E-state index in [1.165, 1.54) is 6.07 Å². The molecule has 21 heavy (non-hydrogen) atoms. The Kier molecular flexibility index (Phi) is 5.12. The van der Waals surface area contributed by atoms with Crippen LogP contribution >= 0.6 is 0 Å². The molecule has 1 aliphatic rings. The summed E-state index contributed by atoms with van der Waals surface area (Å²) < 4.78 is 26.4. The molecule has 1 aromatic rings. The first-order chi connectivity index (χ1) is 9.97. The third kappa shape index (κ3) is 4.14. The lowest BCUT2D eigenvalue weighted by atomic mass is 10.1. The normalized spacial score (nSPS) is 19.5. The van der Waals surface area contributed by atoms with Gasteiger partial charge in [0.15, 0.2) is 0 Å². The molecule has 2 amide bonds. The highest BCUT2D eigenvalue weighted by atomic mass is 19.1. The number of hydrogen-bond donors (Lipinski definition) is 1. The van der Waals surface area contributed by atoms with Crippen molar-refractivity contribution in [1.82, 2.24) is 9.80 Å². The van der Waals surface area contributed by atoms with Crippen LogP contribution in [0.5, 0.6) is 0 Å². The molecular weight excluding hydrogens is 276 g/mol. The molecule has 0 saturated carbocycles. The maximum absolute atomic E-state index is 13.5. The van der Waals surface area contributed by atoms with Gasteiger partial charge in [0.25, 0.3) is 0 Å². The summed E-state index contributed by atoms with van der Waals surface area (Å²) in [5.74, 6) is -1.42. The quantitative estimate of drug-likeness (QED) is 0.911. The number of likely N-dealkylation sites (tertiary alicyclic amines) is 1. The highest BCUT2D eigenvalue weighted by Gasteiger charge is 2.22. The second kappa shape index (κ2) is 6.85. The third-order valence-corrected chi connectivity index (χ3v) is 3.89. The van der Waals surface area contributed by atoms with Crippen LogP contribution in [-0.4, -0.2) is 49.1 Å². The smallest absolute Gasteiger partial charge is 0.321 e. The maximum Gasteiger partial charge on any atom is 0.321 e. The summed E-state index contributed by atoms with van der Waals surface area (Å²) in [5, 5.41) is 2.51. The molecule has 1 fully saturated rings. The van der Waals surface area contributed by atoms with Crippen molar-refractivity contribution in [3.05, 3.63) is 29.8 Å². The zero-order chi connectivity index (χ0) is 15.4. The summed E-state index contributed by atoms with van der Waals surface area (Å²) in [6.07, 6.45) is 2.86. The average molecular weight is 297 g/mol. The number of benzene rings is 1. The van der Waals surface area contributed by atoms with Crippen LogP contribution in [0.3, 0.4) is 0 Å². The van der Waals surface area contributed by atoms with E-state index in [-0.39, 0.29) is 11.7 Å². The number of nitrogens with one attached hydrogen (secondary N) is 1. The number of carbonyl (C=O) groups is 1. The van der Waals surface area contributed by atoms with E-state index in [4.69, 9.17) is 0 Å². The number of hydrogen-bond acceptors (Lipinski definition) is 2. The third-order valence-electron chi connectivity index (χ3n) is 3.89. The molecule has 1 atom stereocenters. The van der Waals surface area contributed by atoms with E-state index in [9.17, 15) is 13.6 Å². The topological polar surface area (TPSA) is 35.6 Å². The Balaban J connectivity index is 1.97. The van der Waals surface area contributed by atoms with Gasteiger partial charge in [0.1, 0.15) is 11.6 Å². The zero-order valence-corrected chi connectivity index (χ0v) is 12.4. The minimum Gasteiger partial charge on any atom is -0.324 e. The number of amides is 2. The summed E-state index contributed by atoms with van der Waals surface area (Å²) >= 11 is 0. The van der Waals surface area contributed by atoms with Gasteiger partial charge < -0.3 is 15.1 Å². The molecule has 0 aliphatic carbocycles. The van der Waals surface area contributed by atoms with Crippen LogP contribution in [0.1, 0.15) is 19.3 Å².